The molecular weight excluding hydrogens is 308 g/mol. The van der Waals surface area contributed by atoms with Crippen LogP contribution in [0.15, 0.2) is 24.3 Å². The highest BCUT2D eigenvalue weighted by Gasteiger charge is 2.28. The van der Waals surface area contributed by atoms with Crippen molar-refractivity contribution in [2.45, 2.75) is 25.8 Å². The van der Waals surface area contributed by atoms with Crippen LogP contribution >= 0.6 is 11.6 Å². The van der Waals surface area contributed by atoms with Crippen LogP contribution in [0.1, 0.15) is 18.9 Å². The van der Waals surface area contributed by atoms with Gasteiger partial charge in [-0.15, -0.1) is 0 Å². The number of halogens is 1. The van der Waals surface area contributed by atoms with Gasteiger partial charge in [-0.2, -0.15) is 0 Å². The number of sulfonamides is 1. The van der Waals surface area contributed by atoms with Gasteiger partial charge in [-0.25, -0.2) is 12.7 Å². The second kappa shape index (κ2) is 7.09. The summed E-state index contributed by atoms with van der Waals surface area (Å²) in [6, 6.07) is 8.26. The van der Waals surface area contributed by atoms with Gasteiger partial charge >= 0.3 is 0 Å². The molecule has 0 aliphatic carbocycles. The Morgan fingerprint density at radius 2 is 2.05 bits per heavy atom. The summed E-state index contributed by atoms with van der Waals surface area (Å²) in [6.07, 6.45) is 3.17. The molecule has 6 heteroatoms. The summed E-state index contributed by atoms with van der Waals surface area (Å²) in [5.74, 6) is 0.410. The molecule has 2 atom stereocenters. The van der Waals surface area contributed by atoms with Crippen molar-refractivity contribution < 1.29 is 8.42 Å². The second-order valence-corrected chi connectivity index (χ2v) is 8.33. The number of hydrogen-bond donors (Lipinski definition) is 1. The number of hydrogen-bond acceptors (Lipinski definition) is 3. The molecule has 1 aromatic carbocycles. The summed E-state index contributed by atoms with van der Waals surface area (Å²) in [4.78, 5) is 0. The van der Waals surface area contributed by atoms with Crippen LogP contribution in [0.4, 0.5) is 0 Å². The number of rotatable bonds is 6. The second-order valence-electron chi connectivity index (χ2n) is 5.92. The van der Waals surface area contributed by atoms with Gasteiger partial charge in [0.2, 0.25) is 10.0 Å². The van der Waals surface area contributed by atoms with Crippen LogP contribution in [-0.4, -0.2) is 44.7 Å². The van der Waals surface area contributed by atoms with Gasteiger partial charge in [0.15, 0.2) is 0 Å². The molecule has 0 amide bonds. The normalized spacial score (nSPS) is 21.6. The molecule has 0 unspecified atom stereocenters. The molecule has 0 bridgehead atoms. The minimum atomic E-state index is -3.03. The van der Waals surface area contributed by atoms with E-state index in [9.17, 15) is 8.42 Å². The molecule has 1 aromatic rings. The molecule has 1 aliphatic heterocycles. The van der Waals surface area contributed by atoms with Crippen molar-refractivity contribution in [3.8, 4) is 0 Å². The van der Waals surface area contributed by atoms with Crippen molar-refractivity contribution in [1.29, 1.82) is 0 Å². The largest absolute Gasteiger partial charge is 0.314 e. The van der Waals surface area contributed by atoms with Crippen LogP contribution in [0.25, 0.3) is 0 Å². The summed E-state index contributed by atoms with van der Waals surface area (Å²) in [5.41, 5.74) is 1.25. The molecule has 1 fully saturated rings. The Hall–Kier alpha value is -0.620. The summed E-state index contributed by atoms with van der Waals surface area (Å²) >= 11 is 5.88. The van der Waals surface area contributed by atoms with E-state index in [1.54, 1.807) is 4.31 Å². The fourth-order valence-corrected chi connectivity index (χ4v) is 3.72. The Morgan fingerprint density at radius 3 is 2.62 bits per heavy atom. The van der Waals surface area contributed by atoms with Gasteiger partial charge in [0.25, 0.3) is 0 Å². The van der Waals surface area contributed by atoms with E-state index in [0.717, 1.165) is 24.4 Å². The van der Waals surface area contributed by atoms with Crippen molar-refractivity contribution in [3.63, 3.8) is 0 Å². The lowest BCUT2D eigenvalue weighted by atomic mass is 10.1. The number of nitrogens with zero attached hydrogens (tertiary/aromatic N) is 1. The first-order valence-electron chi connectivity index (χ1n) is 7.27. The smallest absolute Gasteiger partial charge is 0.211 e. The van der Waals surface area contributed by atoms with E-state index in [4.69, 9.17) is 11.6 Å². The maximum atomic E-state index is 11.5. The molecule has 21 heavy (non-hydrogen) atoms. The lowest BCUT2D eigenvalue weighted by Crippen LogP contribution is -2.34. The Bertz CT molecular complexity index is 560. The first-order valence-corrected chi connectivity index (χ1v) is 9.50. The predicted molar refractivity (Wildman–Crippen MR) is 87.1 cm³/mol. The van der Waals surface area contributed by atoms with E-state index in [1.807, 2.05) is 24.3 Å². The van der Waals surface area contributed by atoms with Crippen molar-refractivity contribution in [2.75, 3.05) is 25.9 Å². The fraction of sp³-hybridized carbons (Fsp3) is 0.600. The minimum absolute atomic E-state index is 0.360. The third kappa shape index (κ3) is 5.25. The molecule has 1 N–H and O–H groups in total. The van der Waals surface area contributed by atoms with Gasteiger partial charge < -0.3 is 5.32 Å². The van der Waals surface area contributed by atoms with Crippen LogP contribution in [0.3, 0.4) is 0 Å². The Kier molecular flexibility index (Phi) is 5.66. The van der Waals surface area contributed by atoms with Gasteiger partial charge in [-0.1, -0.05) is 23.7 Å². The van der Waals surface area contributed by atoms with Crippen LogP contribution in [0, 0.1) is 5.92 Å². The summed E-state index contributed by atoms with van der Waals surface area (Å²) in [6.45, 7) is 4.30. The molecule has 1 aliphatic rings. The van der Waals surface area contributed by atoms with Crippen molar-refractivity contribution in [1.82, 2.24) is 9.62 Å². The molecule has 1 heterocycles. The lowest BCUT2D eigenvalue weighted by molar-refractivity contribution is 0.428. The molecule has 2 rings (SSSR count). The summed E-state index contributed by atoms with van der Waals surface area (Å²) in [5, 5.41) is 4.26. The van der Waals surface area contributed by atoms with E-state index in [0.29, 0.717) is 25.0 Å². The molecule has 4 nitrogen and oxygen atoms in total. The van der Waals surface area contributed by atoms with Crippen LogP contribution in [0.2, 0.25) is 5.02 Å². The van der Waals surface area contributed by atoms with E-state index in [-0.39, 0.29) is 0 Å². The maximum absolute atomic E-state index is 11.5. The zero-order valence-corrected chi connectivity index (χ0v) is 14.1. The molecule has 118 valence electrons. The van der Waals surface area contributed by atoms with Crippen molar-refractivity contribution >= 4 is 21.6 Å². The monoisotopic (exact) mass is 330 g/mol. The maximum Gasteiger partial charge on any atom is 0.211 e. The molecular formula is C15H23ClN2O2S. The van der Waals surface area contributed by atoms with Gasteiger partial charge in [0, 0.05) is 24.2 Å². The zero-order valence-electron chi connectivity index (χ0n) is 12.5. The quantitative estimate of drug-likeness (QED) is 0.869. The number of benzene rings is 1. The molecule has 0 spiro atoms. The van der Waals surface area contributed by atoms with Crippen LogP contribution < -0.4 is 5.32 Å². The van der Waals surface area contributed by atoms with E-state index in [2.05, 4.69) is 12.2 Å². The first-order chi connectivity index (χ1) is 9.84. The Labute approximate surface area is 132 Å². The van der Waals surface area contributed by atoms with Crippen molar-refractivity contribution in [3.05, 3.63) is 34.9 Å². The average molecular weight is 331 g/mol. The standard InChI is InChI=1S/C15H23ClN2O2S/c1-12(9-13-3-5-15(16)6-4-13)17-10-14-7-8-18(11-14)21(2,19)20/h3-6,12,14,17H,7-11H2,1-2H3/t12-,14-/m1/s1. The minimum Gasteiger partial charge on any atom is -0.314 e. The van der Waals surface area contributed by atoms with E-state index < -0.39 is 10.0 Å². The van der Waals surface area contributed by atoms with Gasteiger partial charge in [0.05, 0.1) is 6.26 Å². The van der Waals surface area contributed by atoms with Crippen LogP contribution in [0.5, 0.6) is 0 Å². The molecule has 0 radical (unpaired) electrons. The summed E-state index contributed by atoms with van der Waals surface area (Å²) < 4.78 is 24.5. The summed E-state index contributed by atoms with van der Waals surface area (Å²) in [7, 11) is -3.03. The molecule has 0 aromatic heterocycles. The van der Waals surface area contributed by atoms with E-state index >= 15 is 0 Å². The molecule has 1 saturated heterocycles. The van der Waals surface area contributed by atoms with Crippen molar-refractivity contribution in [2.24, 2.45) is 5.92 Å². The highest BCUT2D eigenvalue weighted by molar-refractivity contribution is 7.88. The highest BCUT2D eigenvalue weighted by Crippen LogP contribution is 2.18. The third-order valence-corrected chi connectivity index (χ3v) is 5.45. The average Bonchev–Trinajstić information content (AvgIpc) is 2.88. The Balaban J connectivity index is 1.75. The lowest BCUT2D eigenvalue weighted by Gasteiger charge is -2.18. The van der Waals surface area contributed by atoms with E-state index in [1.165, 1.54) is 11.8 Å². The molecule has 0 saturated carbocycles. The predicted octanol–water partition coefficient (Wildman–Crippen LogP) is 2.14. The number of nitrogens with one attached hydrogen (secondary N) is 1. The zero-order chi connectivity index (χ0) is 15.5. The fourth-order valence-electron chi connectivity index (χ4n) is 2.68. The van der Waals surface area contributed by atoms with Gasteiger partial charge in [-0.05, 0) is 49.9 Å². The topological polar surface area (TPSA) is 49.4 Å². The highest BCUT2D eigenvalue weighted by atomic mass is 35.5. The SMILES string of the molecule is C[C@H](Cc1ccc(Cl)cc1)NC[C@H]1CCN(S(C)(=O)=O)C1. The van der Waals surface area contributed by atoms with Crippen LogP contribution in [-0.2, 0) is 16.4 Å². The first kappa shape index (κ1) is 16.7. The Morgan fingerprint density at radius 1 is 1.38 bits per heavy atom. The third-order valence-electron chi connectivity index (χ3n) is 3.93. The van der Waals surface area contributed by atoms with Gasteiger partial charge in [-0.3, -0.25) is 0 Å². The van der Waals surface area contributed by atoms with Gasteiger partial charge in [0.1, 0.15) is 0 Å².